The zero-order valence-corrected chi connectivity index (χ0v) is 10.4. The molecule has 6 nitrogen and oxygen atoms in total. The molecule has 1 aliphatic rings. The maximum Gasteiger partial charge on any atom is 0.228 e. The Morgan fingerprint density at radius 3 is 2.94 bits per heavy atom. The van der Waals surface area contributed by atoms with Gasteiger partial charge < -0.3 is 9.64 Å². The molecule has 1 amide bonds. The van der Waals surface area contributed by atoms with Crippen LogP contribution in [-0.2, 0) is 16.1 Å². The number of rotatable bonds is 3. The lowest BCUT2D eigenvalue weighted by atomic mass is 10.1. The second-order valence-corrected chi connectivity index (χ2v) is 4.61. The van der Waals surface area contributed by atoms with Gasteiger partial charge in [-0.25, -0.2) is 4.98 Å². The summed E-state index contributed by atoms with van der Waals surface area (Å²) in [5.74, 6) is 1.50. The van der Waals surface area contributed by atoms with Crippen LogP contribution in [0.4, 0.5) is 0 Å². The summed E-state index contributed by atoms with van der Waals surface area (Å²) in [5, 5.41) is 6.78. The number of ether oxygens (including phenoxy) is 1. The smallest absolute Gasteiger partial charge is 0.228 e. The molecule has 1 N–H and O–H groups in total. The highest BCUT2D eigenvalue weighted by Gasteiger charge is 2.30. The fraction of sp³-hybridized carbons (Fsp3) is 0.727. The number of hydrogen-bond acceptors (Lipinski definition) is 4. The van der Waals surface area contributed by atoms with E-state index >= 15 is 0 Å². The molecule has 0 radical (unpaired) electrons. The highest BCUT2D eigenvalue weighted by atomic mass is 16.5. The first-order valence-corrected chi connectivity index (χ1v) is 5.80. The molecule has 0 saturated carbocycles. The Bertz CT molecular complexity index is 404. The number of amides is 1. The summed E-state index contributed by atoms with van der Waals surface area (Å²) in [5.41, 5.74) is 0. The van der Waals surface area contributed by atoms with Crippen LogP contribution in [0.1, 0.15) is 25.0 Å². The van der Waals surface area contributed by atoms with Gasteiger partial charge in [0.2, 0.25) is 5.91 Å². The summed E-state index contributed by atoms with van der Waals surface area (Å²) >= 11 is 0. The Balaban J connectivity index is 1.91. The molecule has 1 aliphatic heterocycles. The van der Waals surface area contributed by atoms with Crippen molar-refractivity contribution in [1.82, 2.24) is 20.1 Å². The Labute approximate surface area is 100 Å². The maximum absolute atomic E-state index is 12.1. The van der Waals surface area contributed by atoms with Gasteiger partial charge in [0, 0.05) is 7.05 Å². The van der Waals surface area contributed by atoms with Crippen LogP contribution in [0.3, 0.4) is 0 Å². The van der Waals surface area contributed by atoms with E-state index in [1.165, 1.54) is 0 Å². The summed E-state index contributed by atoms with van der Waals surface area (Å²) in [4.78, 5) is 17.9. The Morgan fingerprint density at radius 1 is 1.65 bits per heavy atom. The van der Waals surface area contributed by atoms with Crippen LogP contribution in [0.25, 0.3) is 0 Å². The average molecular weight is 238 g/mol. The van der Waals surface area contributed by atoms with Crippen molar-refractivity contribution in [2.24, 2.45) is 5.92 Å². The van der Waals surface area contributed by atoms with Gasteiger partial charge >= 0.3 is 0 Å². The van der Waals surface area contributed by atoms with Gasteiger partial charge in [0.05, 0.1) is 25.2 Å². The van der Waals surface area contributed by atoms with Crippen LogP contribution in [0.15, 0.2) is 0 Å². The highest BCUT2D eigenvalue weighted by molar-refractivity contribution is 5.78. The molecule has 0 aromatic carbocycles. The first-order valence-electron chi connectivity index (χ1n) is 5.80. The fourth-order valence-electron chi connectivity index (χ4n) is 2.05. The molecule has 94 valence electrons. The molecule has 2 atom stereocenters. The van der Waals surface area contributed by atoms with E-state index in [-0.39, 0.29) is 17.9 Å². The third-order valence-corrected chi connectivity index (χ3v) is 2.95. The summed E-state index contributed by atoms with van der Waals surface area (Å²) in [6, 6.07) is 0. The third-order valence-electron chi connectivity index (χ3n) is 2.95. The summed E-state index contributed by atoms with van der Waals surface area (Å²) < 4.78 is 5.41. The lowest BCUT2D eigenvalue weighted by Gasteiger charge is -2.18. The molecule has 0 bridgehead atoms. The molecule has 1 fully saturated rings. The standard InChI is InChI=1S/C11H18N4O2/c1-7-4-9(6-17-7)11(16)15(3)5-10-12-8(2)13-14-10/h7,9H,4-6H2,1-3H3,(H,12,13,14). The Hall–Kier alpha value is -1.43. The van der Waals surface area contributed by atoms with Gasteiger partial charge in [-0.05, 0) is 20.3 Å². The largest absolute Gasteiger partial charge is 0.378 e. The molecule has 2 rings (SSSR count). The van der Waals surface area contributed by atoms with Gasteiger partial charge in [-0.3, -0.25) is 9.89 Å². The quantitative estimate of drug-likeness (QED) is 0.832. The first-order chi connectivity index (χ1) is 8.06. The van der Waals surface area contributed by atoms with E-state index in [1.54, 1.807) is 11.9 Å². The second kappa shape index (κ2) is 4.83. The molecule has 2 heterocycles. The van der Waals surface area contributed by atoms with Crippen molar-refractivity contribution in [3.63, 3.8) is 0 Å². The summed E-state index contributed by atoms with van der Waals surface area (Å²) in [7, 11) is 1.77. The monoisotopic (exact) mass is 238 g/mol. The molecule has 0 spiro atoms. The molecule has 6 heteroatoms. The van der Waals surface area contributed by atoms with Gasteiger partial charge in [-0.15, -0.1) is 0 Å². The molecular weight excluding hydrogens is 220 g/mol. The number of hydrogen-bond donors (Lipinski definition) is 1. The predicted octanol–water partition coefficient (Wildman–Crippen LogP) is 0.497. The first kappa shape index (κ1) is 12.0. The SMILES string of the molecule is Cc1nc(CN(C)C(=O)C2COC(C)C2)n[nH]1. The van der Waals surface area contributed by atoms with Crippen molar-refractivity contribution in [3.8, 4) is 0 Å². The highest BCUT2D eigenvalue weighted by Crippen LogP contribution is 2.21. The van der Waals surface area contributed by atoms with Gasteiger partial charge in [0.25, 0.3) is 0 Å². The van der Waals surface area contributed by atoms with E-state index in [1.807, 2.05) is 13.8 Å². The van der Waals surface area contributed by atoms with Gasteiger partial charge in [-0.2, -0.15) is 5.10 Å². The van der Waals surface area contributed by atoms with Crippen molar-refractivity contribution in [2.45, 2.75) is 32.9 Å². The molecule has 1 aromatic rings. The summed E-state index contributed by atoms with van der Waals surface area (Å²) in [6.07, 6.45) is 0.985. The zero-order valence-electron chi connectivity index (χ0n) is 10.4. The van der Waals surface area contributed by atoms with Gasteiger partial charge in [0.15, 0.2) is 5.82 Å². The second-order valence-electron chi connectivity index (χ2n) is 4.61. The lowest BCUT2D eigenvalue weighted by molar-refractivity contribution is -0.134. The van der Waals surface area contributed by atoms with E-state index in [0.717, 1.165) is 12.2 Å². The van der Waals surface area contributed by atoms with Crippen molar-refractivity contribution >= 4 is 5.91 Å². The van der Waals surface area contributed by atoms with Gasteiger partial charge in [0.1, 0.15) is 5.82 Å². The number of carbonyl (C=O) groups is 1. The van der Waals surface area contributed by atoms with Crippen LogP contribution in [0, 0.1) is 12.8 Å². The molecule has 17 heavy (non-hydrogen) atoms. The molecule has 0 aliphatic carbocycles. The van der Waals surface area contributed by atoms with Crippen molar-refractivity contribution in [2.75, 3.05) is 13.7 Å². The molecule has 2 unspecified atom stereocenters. The maximum atomic E-state index is 12.1. The zero-order chi connectivity index (χ0) is 12.4. The van der Waals surface area contributed by atoms with E-state index in [9.17, 15) is 4.79 Å². The number of carbonyl (C=O) groups excluding carboxylic acids is 1. The number of H-pyrrole nitrogens is 1. The normalized spacial score (nSPS) is 23.9. The Morgan fingerprint density at radius 2 is 2.41 bits per heavy atom. The van der Waals surface area contributed by atoms with E-state index in [0.29, 0.717) is 19.0 Å². The van der Waals surface area contributed by atoms with E-state index in [4.69, 9.17) is 4.74 Å². The number of aryl methyl sites for hydroxylation is 1. The van der Waals surface area contributed by atoms with E-state index < -0.39 is 0 Å². The van der Waals surface area contributed by atoms with Crippen LogP contribution >= 0.6 is 0 Å². The average Bonchev–Trinajstić information content (AvgIpc) is 2.87. The minimum absolute atomic E-state index is 0.0185. The van der Waals surface area contributed by atoms with Crippen LogP contribution in [0.5, 0.6) is 0 Å². The third kappa shape index (κ3) is 2.82. The minimum atomic E-state index is -0.0185. The van der Waals surface area contributed by atoms with Crippen LogP contribution < -0.4 is 0 Å². The number of aromatic nitrogens is 3. The van der Waals surface area contributed by atoms with Crippen LogP contribution in [-0.4, -0.2) is 45.7 Å². The molecular formula is C11H18N4O2. The molecule has 1 aromatic heterocycles. The number of nitrogens with one attached hydrogen (secondary N) is 1. The van der Waals surface area contributed by atoms with Crippen molar-refractivity contribution < 1.29 is 9.53 Å². The van der Waals surface area contributed by atoms with Crippen molar-refractivity contribution in [3.05, 3.63) is 11.6 Å². The summed E-state index contributed by atoms with van der Waals surface area (Å²) in [6.45, 7) is 4.79. The number of aromatic amines is 1. The van der Waals surface area contributed by atoms with Crippen molar-refractivity contribution in [1.29, 1.82) is 0 Å². The minimum Gasteiger partial charge on any atom is -0.378 e. The predicted molar refractivity (Wildman–Crippen MR) is 61.1 cm³/mol. The number of nitrogens with zero attached hydrogens (tertiary/aromatic N) is 3. The Kier molecular flexibility index (Phi) is 3.42. The fourth-order valence-corrected chi connectivity index (χ4v) is 2.05. The molecule has 1 saturated heterocycles. The topological polar surface area (TPSA) is 71.1 Å². The van der Waals surface area contributed by atoms with Gasteiger partial charge in [-0.1, -0.05) is 0 Å². The van der Waals surface area contributed by atoms with Crippen LogP contribution in [0.2, 0.25) is 0 Å². The lowest BCUT2D eigenvalue weighted by Crippen LogP contribution is -2.33. The van der Waals surface area contributed by atoms with E-state index in [2.05, 4.69) is 15.2 Å².